The molecule has 0 saturated carbocycles. The molecule has 1 aliphatic rings. The van der Waals surface area contributed by atoms with Crippen LogP contribution in [0, 0.1) is 0 Å². The topological polar surface area (TPSA) is 58.2 Å². The Morgan fingerprint density at radius 2 is 2.00 bits per heavy atom. The van der Waals surface area contributed by atoms with Crippen molar-refractivity contribution in [2.45, 2.75) is 31.4 Å². The van der Waals surface area contributed by atoms with Crippen molar-refractivity contribution >= 4 is 10.0 Å². The highest BCUT2D eigenvalue weighted by Gasteiger charge is 2.25. The normalized spacial score (nSPS) is 20.4. The molecular weight excluding hydrogens is 188 g/mol. The van der Waals surface area contributed by atoms with Gasteiger partial charge in [0.05, 0.1) is 5.25 Å². The maximum absolute atomic E-state index is 11.6. The van der Waals surface area contributed by atoms with Gasteiger partial charge in [-0.25, -0.2) is 13.1 Å². The molecule has 1 aliphatic heterocycles. The minimum absolute atomic E-state index is 0.180. The van der Waals surface area contributed by atoms with Crippen LogP contribution in [-0.4, -0.2) is 33.3 Å². The van der Waals surface area contributed by atoms with E-state index >= 15 is 0 Å². The van der Waals surface area contributed by atoms with E-state index in [1.165, 1.54) is 0 Å². The summed E-state index contributed by atoms with van der Waals surface area (Å²) in [6.45, 7) is 4.16. The summed E-state index contributed by atoms with van der Waals surface area (Å²) in [6, 6.07) is 0. The molecule has 1 saturated heterocycles. The van der Waals surface area contributed by atoms with E-state index in [1.807, 2.05) is 6.92 Å². The lowest BCUT2D eigenvalue weighted by Crippen LogP contribution is -2.41. The largest absolute Gasteiger partial charge is 0.317 e. The van der Waals surface area contributed by atoms with E-state index in [-0.39, 0.29) is 5.25 Å². The Bertz CT molecular complexity index is 233. The average Bonchev–Trinajstić information content (AvgIpc) is 2.16. The van der Waals surface area contributed by atoms with Crippen molar-refractivity contribution in [2.24, 2.45) is 0 Å². The molecule has 0 aromatic heterocycles. The van der Waals surface area contributed by atoms with Crippen LogP contribution in [-0.2, 0) is 10.0 Å². The van der Waals surface area contributed by atoms with Crippen molar-refractivity contribution in [3.63, 3.8) is 0 Å². The van der Waals surface area contributed by atoms with Gasteiger partial charge in [0.25, 0.3) is 0 Å². The highest BCUT2D eigenvalue weighted by molar-refractivity contribution is 7.90. The molecule has 0 unspecified atom stereocenters. The molecule has 5 heteroatoms. The van der Waals surface area contributed by atoms with Gasteiger partial charge < -0.3 is 5.32 Å². The number of hydrogen-bond donors (Lipinski definition) is 2. The molecule has 4 nitrogen and oxygen atoms in total. The van der Waals surface area contributed by atoms with Gasteiger partial charge in [0.15, 0.2) is 0 Å². The molecule has 13 heavy (non-hydrogen) atoms. The van der Waals surface area contributed by atoms with Gasteiger partial charge in [-0.15, -0.1) is 0 Å². The Balaban J connectivity index is 2.47. The predicted molar refractivity (Wildman–Crippen MR) is 53.1 cm³/mol. The molecule has 0 amide bonds. The zero-order chi connectivity index (χ0) is 9.73. The van der Waals surface area contributed by atoms with Crippen LogP contribution in [0.4, 0.5) is 0 Å². The van der Waals surface area contributed by atoms with Crippen LogP contribution in [0.1, 0.15) is 26.2 Å². The van der Waals surface area contributed by atoms with E-state index in [4.69, 9.17) is 0 Å². The van der Waals surface area contributed by atoms with Gasteiger partial charge in [0.2, 0.25) is 10.0 Å². The summed E-state index contributed by atoms with van der Waals surface area (Å²) in [4.78, 5) is 0. The second kappa shape index (κ2) is 4.93. The van der Waals surface area contributed by atoms with E-state index in [9.17, 15) is 8.42 Å². The van der Waals surface area contributed by atoms with Gasteiger partial charge in [0.1, 0.15) is 0 Å². The Morgan fingerprint density at radius 3 is 2.54 bits per heavy atom. The third-order valence-electron chi connectivity index (χ3n) is 2.28. The second-order valence-corrected chi connectivity index (χ2v) is 5.43. The van der Waals surface area contributed by atoms with Crippen LogP contribution in [0.25, 0.3) is 0 Å². The van der Waals surface area contributed by atoms with Gasteiger partial charge >= 0.3 is 0 Å². The first-order valence-electron chi connectivity index (χ1n) is 4.86. The predicted octanol–water partition coefficient (Wildman–Crippen LogP) is 0.0678. The molecule has 0 spiro atoms. The van der Waals surface area contributed by atoms with Crippen molar-refractivity contribution in [3.8, 4) is 0 Å². The van der Waals surface area contributed by atoms with Crippen LogP contribution in [0.3, 0.4) is 0 Å². The molecule has 0 aromatic rings. The van der Waals surface area contributed by atoms with Crippen LogP contribution < -0.4 is 10.0 Å². The van der Waals surface area contributed by atoms with Crippen molar-refractivity contribution in [2.75, 3.05) is 19.6 Å². The molecule has 78 valence electrons. The van der Waals surface area contributed by atoms with Crippen molar-refractivity contribution in [1.29, 1.82) is 0 Å². The summed E-state index contributed by atoms with van der Waals surface area (Å²) < 4.78 is 25.8. The molecule has 1 rings (SSSR count). The Hall–Kier alpha value is -0.130. The Labute approximate surface area is 80.1 Å². The van der Waals surface area contributed by atoms with Gasteiger partial charge in [0, 0.05) is 6.54 Å². The standard InChI is InChI=1S/C8H18N2O2S/c1-2-5-10-13(11,12)8-3-6-9-7-4-8/h8-10H,2-7H2,1H3. The average molecular weight is 206 g/mol. The summed E-state index contributed by atoms with van der Waals surface area (Å²) in [5, 5.41) is 2.97. The van der Waals surface area contributed by atoms with E-state index in [2.05, 4.69) is 10.0 Å². The molecule has 2 N–H and O–H groups in total. The highest BCUT2D eigenvalue weighted by atomic mass is 32.2. The zero-order valence-corrected chi connectivity index (χ0v) is 8.86. The maximum atomic E-state index is 11.6. The summed E-state index contributed by atoms with van der Waals surface area (Å²) in [5.41, 5.74) is 0. The lowest BCUT2D eigenvalue weighted by atomic mass is 10.2. The number of nitrogens with one attached hydrogen (secondary N) is 2. The minimum Gasteiger partial charge on any atom is -0.317 e. The Kier molecular flexibility index (Phi) is 4.15. The maximum Gasteiger partial charge on any atom is 0.214 e. The number of sulfonamides is 1. The lowest BCUT2D eigenvalue weighted by Gasteiger charge is -2.22. The summed E-state index contributed by atoms with van der Waals surface area (Å²) in [7, 11) is -3.04. The molecule has 0 atom stereocenters. The van der Waals surface area contributed by atoms with Gasteiger partial charge in [-0.1, -0.05) is 6.92 Å². The first-order chi connectivity index (χ1) is 6.17. The third kappa shape index (κ3) is 3.25. The monoisotopic (exact) mass is 206 g/mol. The van der Waals surface area contributed by atoms with Crippen LogP contribution in [0.5, 0.6) is 0 Å². The SMILES string of the molecule is CCCNS(=O)(=O)C1CCNCC1. The quantitative estimate of drug-likeness (QED) is 0.684. The molecular formula is C8H18N2O2S. The van der Waals surface area contributed by atoms with E-state index in [0.29, 0.717) is 6.54 Å². The van der Waals surface area contributed by atoms with E-state index < -0.39 is 10.0 Å². The van der Waals surface area contributed by atoms with Crippen LogP contribution in [0.2, 0.25) is 0 Å². The van der Waals surface area contributed by atoms with Crippen LogP contribution >= 0.6 is 0 Å². The molecule has 0 aromatic carbocycles. The van der Waals surface area contributed by atoms with Crippen molar-refractivity contribution in [1.82, 2.24) is 10.0 Å². The molecule has 0 bridgehead atoms. The zero-order valence-electron chi connectivity index (χ0n) is 8.04. The first kappa shape index (κ1) is 10.9. The summed E-state index contributed by atoms with van der Waals surface area (Å²) in [5.74, 6) is 0. The fourth-order valence-electron chi connectivity index (χ4n) is 1.47. The van der Waals surface area contributed by atoms with E-state index in [0.717, 1.165) is 32.4 Å². The van der Waals surface area contributed by atoms with Gasteiger partial charge in [-0.05, 0) is 32.4 Å². The first-order valence-corrected chi connectivity index (χ1v) is 6.40. The number of piperidine rings is 1. The minimum atomic E-state index is -3.04. The highest BCUT2D eigenvalue weighted by Crippen LogP contribution is 2.11. The second-order valence-electron chi connectivity index (χ2n) is 3.39. The smallest absolute Gasteiger partial charge is 0.214 e. The fourth-order valence-corrected chi connectivity index (χ4v) is 3.05. The van der Waals surface area contributed by atoms with Gasteiger partial charge in [-0.2, -0.15) is 0 Å². The molecule has 0 radical (unpaired) electrons. The Morgan fingerprint density at radius 1 is 1.38 bits per heavy atom. The van der Waals surface area contributed by atoms with Crippen molar-refractivity contribution in [3.05, 3.63) is 0 Å². The van der Waals surface area contributed by atoms with Gasteiger partial charge in [-0.3, -0.25) is 0 Å². The molecule has 1 heterocycles. The van der Waals surface area contributed by atoms with E-state index in [1.54, 1.807) is 0 Å². The molecule has 1 fully saturated rings. The fraction of sp³-hybridized carbons (Fsp3) is 1.00. The summed E-state index contributed by atoms with van der Waals surface area (Å²) in [6.07, 6.45) is 2.32. The summed E-state index contributed by atoms with van der Waals surface area (Å²) >= 11 is 0. The molecule has 0 aliphatic carbocycles. The third-order valence-corrected chi connectivity index (χ3v) is 4.23. The van der Waals surface area contributed by atoms with Crippen LogP contribution in [0.15, 0.2) is 0 Å². The van der Waals surface area contributed by atoms with Crippen molar-refractivity contribution < 1.29 is 8.42 Å². The number of hydrogen-bond acceptors (Lipinski definition) is 3. The number of rotatable bonds is 4. The lowest BCUT2D eigenvalue weighted by molar-refractivity contribution is 0.489.